The van der Waals surface area contributed by atoms with Gasteiger partial charge in [0.2, 0.25) is 0 Å². The van der Waals surface area contributed by atoms with E-state index in [1.54, 1.807) is 0 Å². The fourth-order valence-corrected chi connectivity index (χ4v) is 2.02. The molecule has 0 aliphatic rings. The molecule has 4 nitrogen and oxygen atoms in total. The van der Waals surface area contributed by atoms with Crippen LogP contribution in [0.4, 0.5) is 0 Å². The molecule has 4 heteroatoms. The Morgan fingerprint density at radius 2 is 0.950 bits per heavy atom. The van der Waals surface area contributed by atoms with Gasteiger partial charge in [-0.15, -0.1) is 0 Å². The number of allylic oxidation sites excluding steroid dienone is 2. The average molecular weight is 284 g/mol. The molecule has 0 aliphatic carbocycles. The third kappa shape index (κ3) is 16.7. The van der Waals surface area contributed by atoms with E-state index in [9.17, 15) is 9.59 Å². The first-order chi connectivity index (χ1) is 9.63. The Morgan fingerprint density at radius 3 is 1.30 bits per heavy atom. The van der Waals surface area contributed by atoms with Gasteiger partial charge in [-0.25, -0.2) is 0 Å². The van der Waals surface area contributed by atoms with Crippen LogP contribution in [0.3, 0.4) is 0 Å². The number of unbranched alkanes of at least 4 members (excludes halogenated alkanes) is 8. The highest BCUT2D eigenvalue weighted by Crippen LogP contribution is 2.08. The van der Waals surface area contributed by atoms with Gasteiger partial charge in [-0.1, -0.05) is 37.8 Å². The van der Waals surface area contributed by atoms with E-state index in [4.69, 9.17) is 10.2 Å². The molecule has 0 spiro atoms. The molecule has 0 rings (SSSR count). The Bertz CT molecular complexity index is 256. The van der Waals surface area contributed by atoms with Crippen LogP contribution in [0.15, 0.2) is 12.2 Å². The largest absolute Gasteiger partial charge is 0.481 e. The van der Waals surface area contributed by atoms with E-state index in [2.05, 4.69) is 12.2 Å². The SMILES string of the molecule is O=C(O)CCCCCC/C=C/CCCCCCC(=O)O. The van der Waals surface area contributed by atoms with Gasteiger partial charge in [-0.2, -0.15) is 0 Å². The minimum atomic E-state index is -0.701. The second kappa shape index (κ2) is 14.1. The summed E-state index contributed by atoms with van der Waals surface area (Å²) in [5.74, 6) is -1.40. The van der Waals surface area contributed by atoms with Gasteiger partial charge >= 0.3 is 11.9 Å². The van der Waals surface area contributed by atoms with Crippen LogP contribution in [-0.4, -0.2) is 22.2 Å². The van der Waals surface area contributed by atoms with Crippen molar-refractivity contribution in [1.82, 2.24) is 0 Å². The zero-order valence-electron chi connectivity index (χ0n) is 12.4. The number of carbonyl (C=O) groups is 2. The van der Waals surface area contributed by atoms with Gasteiger partial charge in [0.05, 0.1) is 0 Å². The number of rotatable bonds is 14. The molecule has 0 aromatic carbocycles. The van der Waals surface area contributed by atoms with Crippen LogP contribution >= 0.6 is 0 Å². The van der Waals surface area contributed by atoms with Crippen LogP contribution in [-0.2, 0) is 9.59 Å². The molecule has 0 aromatic heterocycles. The van der Waals surface area contributed by atoms with Crippen molar-refractivity contribution in [2.24, 2.45) is 0 Å². The summed E-state index contributed by atoms with van der Waals surface area (Å²) in [6.07, 6.45) is 15.2. The highest BCUT2D eigenvalue weighted by Gasteiger charge is 1.96. The van der Waals surface area contributed by atoms with Gasteiger partial charge < -0.3 is 10.2 Å². The molecule has 0 unspecified atom stereocenters. The van der Waals surface area contributed by atoms with Crippen LogP contribution < -0.4 is 0 Å². The monoisotopic (exact) mass is 284 g/mol. The van der Waals surface area contributed by atoms with Crippen molar-refractivity contribution >= 4 is 11.9 Å². The van der Waals surface area contributed by atoms with E-state index in [-0.39, 0.29) is 12.8 Å². The Kier molecular flexibility index (Phi) is 13.2. The molecule has 0 radical (unpaired) electrons. The Morgan fingerprint density at radius 1 is 0.600 bits per heavy atom. The third-order valence-corrected chi connectivity index (χ3v) is 3.19. The number of carboxylic acids is 2. The standard InChI is InChI=1S/C16H28O4/c17-15(18)13-11-9-7-5-3-1-2-4-6-8-10-12-14-16(19)20/h1-2H,3-14H2,(H,17,18)(H,19,20)/b2-1+. The first-order valence-electron chi connectivity index (χ1n) is 7.71. The van der Waals surface area contributed by atoms with Crippen molar-refractivity contribution in [1.29, 1.82) is 0 Å². The summed E-state index contributed by atoms with van der Waals surface area (Å²) >= 11 is 0. The first kappa shape index (κ1) is 18.7. The van der Waals surface area contributed by atoms with E-state index in [1.165, 1.54) is 0 Å². The summed E-state index contributed by atoms with van der Waals surface area (Å²) in [5.41, 5.74) is 0. The molecule has 0 atom stereocenters. The minimum Gasteiger partial charge on any atom is -0.481 e. The Labute approximate surface area is 121 Å². The van der Waals surface area contributed by atoms with E-state index in [0.29, 0.717) is 0 Å². The van der Waals surface area contributed by atoms with Gasteiger partial charge in [0.25, 0.3) is 0 Å². The van der Waals surface area contributed by atoms with Crippen LogP contribution in [0.1, 0.15) is 77.0 Å². The number of aliphatic carboxylic acids is 2. The molecule has 20 heavy (non-hydrogen) atoms. The van der Waals surface area contributed by atoms with E-state index < -0.39 is 11.9 Å². The lowest BCUT2D eigenvalue weighted by atomic mass is 10.1. The van der Waals surface area contributed by atoms with Gasteiger partial charge in [-0.3, -0.25) is 9.59 Å². The normalized spacial score (nSPS) is 11.0. The average Bonchev–Trinajstić information content (AvgIpc) is 2.38. The second-order valence-corrected chi connectivity index (χ2v) is 5.16. The number of carboxylic acid groups (broad SMARTS) is 2. The number of hydrogen-bond acceptors (Lipinski definition) is 2. The summed E-state index contributed by atoms with van der Waals surface area (Å²) in [4.78, 5) is 20.6. The molecule has 0 heterocycles. The van der Waals surface area contributed by atoms with Crippen LogP contribution in [0.25, 0.3) is 0 Å². The van der Waals surface area contributed by atoms with E-state index >= 15 is 0 Å². The summed E-state index contributed by atoms with van der Waals surface area (Å²) in [6, 6.07) is 0. The Hall–Kier alpha value is -1.32. The van der Waals surface area contributed by atoms with Crippen molar-refractivity contribution in [3.05, 3.63) is 12.2 Å². The highest BCUT2D eigenvalue weighted by molar-refractivity contribution is 5.66. The molecule has 0 aromatic rings. The third-order valence-electron chi connectivity index (χ3n) is 3.19. The maximum absolute atomic E-state index is 10.3. The minimum absolute atomic E-state index is 0.289. The molecule has 0 aliphatic heterocycles. The fraction of sp³-hybridized carbons (Fsp3) is 0.750. The zero-order valence-corrected chi connectivity index (χ0v) is 12.4. The molecule has 0 saturated heterocycles. The van der Waals surface area contributed by atoms with Gasteiger partial charge in [0.15, 0.2) is 0 Å². The van der Waals surface area contributed by atoms with Crippen LogP contribution in [0, 0.1) is 0 Å². The maximum atomic E-state index is 10.3. The molecule has 0 amide bonds. The topological polar surface area (TPSA) is 74.6 Å². The van der Waals surface area contributed by atoms with E-state index in [1.807, 2.05) is 0 Å². The maximum Gasteiger partial charge on any atom is 0.303 e. The van der Waals surface area contributed by atoms with Crippen LogP contribution in [0.5, 0.6) is 0 Å². The molecule has 2 N–H and O–H groups in total. The number of hydrogen-bond donors (Lipinski definition) is 2. The van der Waals surface area contributed by atoms with Crippen molar-refractivity contribution in [2.45, 2.75) is 77.0 Å². The fourth-order valence-electron chi connectivity index (χ4n) is 2.02. The smallest absolute Gasteiger partial charge is 0.303 e. The first-order valence-corrected chi connectivity index (χ1v) is 7.71. The predicted molar refractivity (Wildman–Crippen MR) is 79.8 cm³/mol. The van der Waals surface area contributed by atoms with Crippen molar-refractivity contribution in [3.63, 3.8) is 0 Å². The molecule has 0 saturated carbocycles. The van der Waals surface area contributed by atoms with Crippen molar-refractivity contribution in [2.75, 3.05) is 0 Å². The molecule has 0 bridgehead atoms. The molecule has 0 fully saturated rings. The lowest BCUT2D eigenvalue weighted by molar-refractivity contribution is -0.138. The van der Waals surface area contributed by atoms with Crippen LogP contribution in [0.2, 0.25) is 0 Å². The predicted octanol–water partition coefficient (Wildman–Crippen LogP) is 4.39. The summed E-state index contributed by atoms with van der Waals surface area (Å²) in [7, 11) is 0. The van der Waals surface area contributed by atoms with Crippen molar-refractivity contribution in [3.8, 4) is 0 Å². The summed E-state index contributed by atoms with van der Waals surface area (Å²) < 4.78 is 0. The summed E-state index contributed by atoms with van der Waals surface area (Å²) in [6.45, 7) is 0. The molecule has 116 valence electrons. The van der Waals surface area contributed by atoms with Gasteiger partial charge in [0.1, 0.15) is 0 Å². The lowest BCUT2D eigenvalue weighted by Gasteiger charge is -1.98. The Balaban J connectivity index is 3.12. The van der Waals surface area contributed by atoms with Crippen molar-refractivity contribution < 1.29 is 19.8 Å². The van der Waals surface area contributed by atoms with Gasteiger partial charge in [0, 0.05) is 12.8 Å². The summed E-state index contributed by atoms with van der Waals surface area (Å²) in [5, 5.41) is 17.0. The zero-order chi connectivity index (χ0) is 15.1. The van der Waals surface area contributed by atoms with Gasteiger partial charge in [-0.05, 0) is 38.5 Å². The quantitative estimate of drug-likeness (QED) is 0.366. The lowest BCUT2D eigenvalue weighted by Crippen LogP contribution is -1.93. The second-order valence-electron chi connectivity index (χ2n) is 5.16. The molecular formula is C16H28O4. The van der Waals surface area contributed by atoms with E-state index in [0.717, 1.165) is 64.2 Å². The highest BCUT2D eigenvalue weighted by atomic mass is 16.4. The molecular weight excluding hydrogens is 256 g/mol.